The Balaban J connectivity index is 1.77. The number of amides is 1. The first-order valence-electron chi connectivity index (χ1n) is 8.44. The van der Waals surface area contributed by atoms with Crippen LogP contribution in [0.5, 0.6) is 0 Å². The quantitative estimate of drug-likeness (QED) is 0.808. The molecule has 1 amide bonds. The molecule has 1 fully saturated rings. The smallest absolute Gasteiger partial charge is 0.251 e. The molecular weight excluding hydrogens is 302 g/mol. The Morgan fingerprint density at radius 2 is 2.04 bits per heavy atom. The van der Waals surface area contributed by atoms with Crippen molar-refractivity contribution in [2.75, 3.05) is 13.1 Å². The van der Waals surface area contributed by atoms with E-state index in [0.717, 1.165) is 35.5 Å². The van der Waals surface area contributed by atoms with Crippen molar-refractivity contribution >= 4 is 5.91 Å². The molecule has 2 aromatic rings. The van der Waals surface area contributed by atoms with Crippen LogP contribution < -0.4 is 5.56 Å². The number of hydrogen-bond donors (Lipinski definition) is 0. The van der Waals surface area contributed by atoms with E-state index in [4.69, 9.17) is 0 Å². The van der Waals surface area contributed by atoms with E-state index in [9.17, 15) is 9.59 Å². The molecule has 2 aromatic heterocycles. The molecule has 0 unspecified atom stereocenters. The first-order valence-corrected chi connectivity index (χ1v) is 8.44. The van der Waals surface area contributed by atoms with Crippen molar-refractivity contribution in [3.63, 3.8) is 0 Å². The highest BCUT2D eigenvalue weighted by Crippen LogP contribution is 2.36. The van der Waals surface area contributed by atoms with E-state index >= 15 is 0 Å². The van der Waals surface area contributed by atoms with Gasteiger partial charge in [0.25, 0.3) is 5.56 Å². The van der Waals surface area contributed by atoms with E-state index in [1.54, 1.807) is 13.0 Å². The predicted molar refractivity (Wildman–Crippen MR) is 91.8 cm³/mol. The molecule has 24 heavy (non-hydrogen) atoms. The molecule has 0 N–H and O–H groups in total. The zero-order valence-electron chi connectivity index (χ0n) is 14.0. The first kappa shape index (κ1) is 15.1. The van der Waals surface area contributed by atoms with Gasteiger partial charge in [0.15, 0.2) is 0 Å². The van der Waals surface area contributed by atoms with Gasteiger partial charge in [0.05, 0.1) is 5.69 Å². The van der Waals surface area contributed by atoms with Gasteiger partial charge in [-0.05, 0) is 37.0 Å². The fraction of sp³-hybridized carbons (Fsp3) is 0.421. The van der Waals surface area contributed by atoms with Crippen LogP contribution in [-0.2, 0) is 11.3 Å². The van der Waals surface area contributed by atoms with Crippen molar-refractivity contribution in [1.29, 1.82) is 0 Å². The Morgan fingerprint density at radius 3 is 2.75 bits per heavy atom. The number of hydrogen-bond acceptors (Lipinski definition) is 3. The number of likely N-dealkylation sites (tertiary alicyclic amines) is 1. The minimum Gasteiger partial charge on any atom is -0.342 e. The van der Waals surface area contributed by atoms with Crippen LogP contribution in [0.1, 0.15) is 30.5 Å². The monoisotopic (exact) mass is 323 g/mol. The summed E-state index contributed by atoms with van der Waals surface area (Å²) >= 11 is 0. The Bertz CT molecular complexity index is 854. The Labute approximate surface area is 140 Å². The van der Waals surface area contributed by atoms with Gasteiger partial charge in [-0.3, -0.25) is 14.6 Å². The Hall–Kier alpha value is -2.43. The Morgan fingerprint density at radius 1 is 1.21 bits per heavy atom. The third-order valence-electron chi connectivity index (χ3n) is 5.21. The third-order valence-corrected chi connectivity index (χ3v) is 5.21. The highest BCUT2D eigenvalue weighted by Gasteiger charge is 2.35. The molecule has 0 saturated carbocycles. The summed E-state index contributed by atoms with van der Waals surface area (Å²) in [5.41, 5.74) is 3.87. The van der Waals surface area contributed by atoms with Gasteiger partial charge in [-0.15, -0.1) is 0 Å². The lowest BCUT2D eigenvalue weighted by Crippen LogP contribution is -2.48. The van der Waals surface area contributed by atoms with Crippen molar-refractivity contribution in [2.24, 2.45) is 5.92 Å². The molecule has 5 nitrogen and oxygen atoms in total. The number of nitrogens with zero attached hydrogens (tertiary/aromatic N) is 3. The summed E-state index contributed by atoms with van der Waals surface area (Å²) in [6.07, 6.45) is 2.87. The number of aromatic nitrogens is 2. The van der Waals surface area contributed by atoms with E-state index in [-0.39, 0.29) is 17.4 Å². The summed E-state index contributed by atoms with van der Waals surface area (Å²) in [4.78, 5) is 30.8. The molecule has 0 radical (unpaired) electrons. The lowest BCUT2D eigenvalue weighted by molar-refractivity contribution is -0.131. The maximum absolute atomic E-state index is 12.6. The molecule has 2 aliphatic heterocycles. The second-order valence-electron chi connectivity index (χ2n) is 7.06. The summed E-state index contributed by atoms with van der Waals surface area (Å²) in [5.74, 6) is 0.734. The SMILES string of the molecule is CC(=O)N1C[C@@H]2C[C@H](C1)c1cc(-c3ccc(C)cn3)cc(=O)n1C2. The van der Waals surface area contributed by atoms with E-state index < -0.39 is 0 Å². The molecule has 4 rings (SSSR count). The molecule has 0 aliphatic carbocycles. The average molecular weight is 323 g/mol. The van der Waals surface area contributed by atoms with Crippen LogP contribution in [0.4, 0.5) is 0 Å². The van der Waals surface area contributed by atoms with Crippen LogP contribution in [0.3, 0.4) is 0 Å². The minimum absolute atomic E-state index is 0.0378. The molecule has 0 aromatic carbocycles. The van der Waals surface area contributed by atoms with Gasteiger partial charge in [0, 0.05) is 56.0 Å². The molecule has 2 atom stereocenters. The predicted octanol–water partition coefficient (Wildman–Crippen LogP) is 2.18. The number of pyridine rings is 2. The maximum atomic E-state index is 12.6. The fourth-order valence-corrected chi connectivity index (χ4v) is 4.00. The van der Waals surface area contributed by atoms with E-state index in [2.05, 4.69) is 11.1 Å². The largest absolute Gasteiger partial charge is 0.342 e. The van der Waals surface area contributed by atoms with Crippen molar-refractivity contribution in [2.45, 2.75) is 32.7 Å². The van der Waals surface area contributed by atoms with Crippen LogP contribution in [-0.4, -0.2) is 33.4 Å². The van der Waals surface area contributed by atoms with Crippen LogP contribution in [0.2, 0.25) is 0 Å². The number of carbonyl (C=O) groups is 1. The highest BCUT2D eigenvalue weighted by atomic mass is 16.2. The highest BCUT2D eigenvalue weighted by molar-refractivity contribution is 5.73. The molecule has 1 saturated heterocycles. The number of fused-ring (bicyclic) bond motifs is 4. The zero-order valence-corrected chi connectivity index (χ0v) is 14.0. The molecule has 5 heteroatoms. The maximum Gasteiger partial charge on any atom is 0.251 e. The average Bonchev–Trinajstić information content (AvgIpc) is 2.56. The van der Waals surface area contributed by atoms with Crippen molar-refractivity contribution in [3.05, 3.63) is 52.1 Å². The molecule has 2 bridgehead atoms. The van der Waals surface area contributed by atoms with Gasteiger partial charge in [0.1, 0.15) is 0 Å². The summed E-state index contributed by atoms with van der Waals surface area (Å²) in [6.45, 7) is 5.79. The van der Waals surface area contributed by atoms with Crippen LogP contribution >= 0.6 is 0 Å². The van der Waals surface area contributed by atoms with E-state index in [1.165, 1.54) is 0 Å². The van der Waals surface area contributed by atoms with Gasteiger partial charge < -0.3 is 9.47 Å². The topological polar surface area (TPSA) is 55.2 Å². The lowest BCUT2D eigenvalue weighted by atomic mass is 9.82. The van der Waals surface area contributed by atoms with Gasteiger partial charge in [-0.2, -0.15) is 0 Å². The molecule has 4 heterocycles. The van der Waals surface area contributed by atoms with Gasteiger partial charge in [-0.1, -0.05) is 6.07 Å². The van der Waals surface area contributed by atoms with Gasteiger partial charge in [0.2, 0.25) is 5.91 Å². The summed E-state index contributed by atoms with van der Waals surface area (Å²) in [5, 5.41) is 0. The summed E-state index contributed by atoms with van der Waals surface area (Å²) in [7, 11) is 0. The number of aryl methyl sites for hydroxylation is 1. The van der Waals surface area contributed by atoms with Gasteiger partial charge >= 0.3 is 0 Å². The number of rotatable bonds is 1. The van der Waals surface area contributed by atoms with Crippen LogP contribution in [0, 0.1) is 12.8 Å². The van der Waals surface area contributed by atoms with Crippen LogP contribution in [0.15, 0.2) is 35.3 Å². The third kappa shape index (κ3) is 2.54. The molecular formula is C19H21N3O2. The van der Waals surface area contributed by atoms with Crippen molar-refractivity contribution < 1.29 is 4.79 Å². The lowest BCUT2D eigenvalue weighted by Gasteiger charge is -2.42. The van der Waals surface area contributed by atoms with Crippen LogP contribution in [0.25, 0.3) is 11.3 Å². The molecule has 0 spiro atoms. The first-order chi connectivity index (χ1) is 11.5. The molecule has 2 aliphatic rings. The molecule has 124 valence electrons. The number of piperidine rings is 1. The summed E-state index contributed by atoms with van der Waals surface area (Å²) in [6, 6.07) is 7.73. The van der Waals surface area contributed by atoms with Gasteiger partial charge in [-0.25, -0.2) is 0 Å². The summed E-state index contributed by atoms with van der Waals surface area (Å²) < 4.78 is 1.90. The standard InChI is InChI=1S/C19H21N3O2/c1-12-3-4-17(20-8-12)15-6-18-16-5-14(9-21(11-16)13(2)23)10-22(18)19(24)7-15/h3-4,6-8,14,16H,5,9-11H2,1-2H3/t14-,16+/m0/s1. The van der Waals surface area contributed by atoms with E-state index in [1.807, 2.05) is 34.7 Å². The normalized spacial score (nSPS) is 22.2. The van der Waals surface area contributed by atoms with E-state index in [0.29, 0.717) is 19.0 Å². The minimum atomic E-state index is 0.0378. The second-order valence-corrected chi connectivity index (χ2v) is 7.06. The Kier molecular flexibility index (Phi) is 3.52. The number of carbonyl (C=O) groups excluding carboxylic acids is 1. The second kappa shape index (κ2) is 5.58. The zero-order chi connectivity index (χ0) is 16.8. The van der Waals surface area contributed by atoms with Crippen molar-refractivity contribution in [3.8, 4) is 11.3 Å². The van der Waals surface area contributed by atoms with Crippen molar-refractivity contribution in [1.82, 2.24) is 14.5 Å². The fourth-order valence-electron chi connectivity index (χ4n) is 4.00.